The van der Waals surface area contributed by atoms with Gasteiger partial charge in [0.1, 0.15) is 5.83 Å². The van der Waals surface area contributed by atoms with E-state index in [4.69, 9.17) is 0 Å². The Morgan fingerprint density at radius 2 is 2.11 bits per heavy atom. The van der Waals surface area contributed by atoms with Crippen molar-refractivity contribution in [1.82, 2.24) is 9.55 Å². The summed E-state index contributed by atoms with van der Waals surface area (Å²) in [7, 11) is 0. The maximum absolute atomic E-state index is 13.9. The number of hydrogen-bond donors (Lipinski definition) is 1. The molecule has 1 aromatic rings. The summed E-state index contributed by atoms with van der Waals surface area (Å²) in [4.78, 5) is 24.9. The number of nitrogens with one attached hydrogen (secondary N) is 1. The van der Waals surface area contributed by atoms with E-state index in [1.54, 1.807) is 13.0 Å². The zero-order chi connectivity index (χ0) is 13.8. The number of allylic oxidation sites excluding steroid dienone is 2. The van der Waals surface area contributed by atoms with Gasteiger partial charge >= 0.3 is 5.69 Å². The summed E-state index contributed by atoms with van der Waals surface area (Å²) in [6.07, 6.45) is 8.59. The second-order valence-corrected chi connectivity index (χ2v) is 5.21. The maximum Gasteiger partial charge on any atom is 0.328 e. The first-order chi connectivity index (χ1) is 9.06. The minimum atomic E-state index is -0.567. The first-order valence-corrected chi connectivity index (χ1v) is 6.73. The van der Waals surface area contributed by atoms with E-state index in [0.717, 1.165) is 25.7 Å². The summed E-state index contributed by atoms with van der Waals surface area (Å²) in [6, 6.07) is 0. The quantitative estimate of drug-likeness (QED) is 0.912. The van der Waals surface area contributed by atoms with Gasteiger partial charge in [-0.1, -0.05) is 19.3 Å². The summed E-state index contributed by atoms with van der Waals surface area (Å²) >= 11 is 0. The third-order valence-corrected chi connectivity index (χ3v) is 3.58. The minimum absolute atomic E-state index is 0.104. The number of aromatic nitrogens is 2. The molecule has 1 aliphatic rings. The van der Waals surface area contributed by atoms with Crippen molar-refractivity contribution in [3.8, 4) is 0 Å². The average molecular weight is 266 g/mol. The third-order valence-electron chi connectivity index (χ3n) is 3.58. The van der Waals surface area contributed by atoms with Gasteiger partial charge in [0.2, 0.25) is 0 Å². The van der Waals surface area contributed by atoms with Crippen LogP contribution in [0.5, 0.6) is 0 Å². The molecule has 0 unspecified atom stereocenters. The molecule has 1 heterocycles. The fraction of sp³-hybridized carbons (Fsp3) is 0.571. The summed E-state index contributed by atoms with van der Waals surface area (Å²) < 4.78 is 15.1. The van der Waals surface area contributed by atoms with Gasteiger partial charge in [0.25, 0.3) is 5.56 Å². The highest BCUT2D eigenvalue weighted by Gasteiger charge is 2.12. The lowest BCUT2D eigenvalue weighted by Gasteiger charge is -2.18. The van der Waals surface area contributed by atoms with Gasteiger partial charge < -0.3 is 0 Å². The lowest BCUT2D eigenvalue weighted by Crippen LogP contribution is -2.31. The van der Waals surface area contributed by atoms with Crippen molar-refractivity contribution >= 4 is 0 Å². The molecule has 0 radical (unpaired) electrons. The Morgan fingerprint density at radius 1 is 1.42 bits per heavy atom. The van der Waals surface area contributed by atoms with E-state index >= 15 is 0 Å². The van der Waals surface area contributed by atoms with Crippen LogP contribution in [0.25, 0.3) is 0 Å². The molecule has 1 fully saturated rings. The number of aryl methyl sites for hydroxylation is 1. The van der Waals surface area contributed by atoms with Crippen LogP contribution in [0.4, 0.5) is 4.39 Å². The van der Waals surface area contributed by atoms with Crippen molar-refractivity contribution in [2.45, 2.75) is 45.6 Å². The topological polar surface area (TPSA) is 54.9 Å². The highest BCUT2D eigenvalue weighted by Crippen LogP contribution is 2.26. The van der Waals surface area contributed by atoms with Crippen molar-refractivity contribution in [3.05, 3.63) is 44.5 Å². The van der Waals surface area contributed by atoms with Gasteiger partial charge in [-0.3, -0.25) is 14.3 Å². The molecule has 4 nitrogen and oxygen atoms in total. The Bertz CT molecular complexity index is 580. The largest absolute Gasteiger partial charge is 0.328 e. The zero-order valence-corrected chi connectivity index (χ0v) is 11.1. The van der Waals surface area contributed by atoms with Crippen LogP contribution >= 0.6 is 0 Å². The Balaban J connectivity index is 2.12. The Morgan fingerprint density at radius 3 is 2.79 bits per heavy atom. The van der Waals surface area contributed by atoms with Crippen LogP contribution in [-0.2, 0) is 6.54 Å². The molecule has 19 heavy (non-hydrogen) atoms. The van der Waals surface area contributed by atoms with E-state index in [-0.39, 0.29) is 18.3 Å². The molecular weight excluding hydrogens is 247 g/mol. The number of nitrogens with zero attached hydrogens (tertiary/aromatic N) is 1. The smallest absolute Gasteiger partial charge is 0.294 e. The van der Waals surface area contributed by atoms with Gasteiger partial charge in [0.05, 0.1) is 6.54 Å². The summed E-state index contributed by atoms with van der Waals surface area (Å²) in [5.41, 5.74) is -0.578. The van der Waals surface area contributed by atoms with Crippen LogP contribution in [-0.4, -0.2) is 9.55 Å². The molecule has 0 aliphatic heterocycles. The Kier molecular flexibility index (Phi) is 4.35. The molecule has 1 aliphatic carbocycles. The molecule has 1 N–H and O–H groups in total. The van der Waals surface area contributed by atoms with Crippen molar-refractivity contribution in [2.75, 3.05) is 0 Å². The highest BCUT2D eigenvalue weighted by atomic mass is 19.1. The van der Waals surface area contributed by atoms with E-state index in [0.29, 0.717) is 5.56 Å². The van der Waals surface area contributed by atoms with Gasteiger partial charge in [0, 0.05) is 11.8 Å². The summed E-state index contributed by atoms with van der Waals surface area (Å²) in [6.45, 7) is 1.49. The summed E-state index contributed by atoms with van der Waals surface area (Å²) in [5, 5.41) is 0. The molecule has 0 bridgehead atoms. The minimum Gasteiger partial charge on any atom is -0.294 e. The lowest BCUT2D eigenvalue weighted by atomic mass is 9.89. The molecule has 2 rings (SSSR count). The van der Waals surface area contributed by atoms with Crippen molar-refractivity contribution in [3.63, 3.8) is 0 Å². The maximum atomic E-state index is 13.9. The predicted molar refractivity (Wildman–Crippen MR) is 71.8 cm³/mol. The predicted octanol–water partition coefficient (Wildman–Crippen LogP) is 2.28. The number of aromatic amines is 1. The van der Waals surface area contributed by atoms with Crippen LogP contribution in [0.3, 0.4) is 0 Å². The SMILES string of the molecule is Cc1cn(C/C(F)=C/C2CCCCC2)c(=O)[nH]c1=O. The normalized spacial score (nSPS) is 17.7. The van der Waals surface area contributed by atoms with E-state index in [1.165, 1.54) is 17.2 Å². The Labute approximate surface area is 111 Å². The van der Waals surface area contributed by atoms with Crippen LogP contribution < -0.4 is 11.2 Å². The molecule has 0 atom stereocenters. The van der Waals surface area contributed by atoms with Crippen molar-refractivity contribution in [1.29, 1.82) is 0 Å². The standard InChI is InChI=1S/C14H19FN2O2/c1-10-8-17(14(19)16-13(10)18)9-12(15)7-11-5-3-2-4-6-11/h7-8,11H,2-6,9H2,1H3,(H,16,18,19)/b12-7-. The Hall–Kier alpha value is -1.65. The van der Waals surface area contributed by atoms with Crippen LogP contribution in [0, 0.1) is 12.8 Å². The number of hydrogen-bond acceptors (Lipinski definition) is 2. The second kappa shape index (κ2) is 5.99. The van der Waals surface area contributed by atoms with Gasteiger partial charge in [-0.05, 0) is 31.8 Å². The van der Waals surface area contributed by atoms with Crippen LogP contribution in [0.2, 0.25) is 0 Å². The molecule has 1 saturated carbocycles. The average Bonchev–Trinajstić information content (AvgIpc) is 2.37. The first-order valence-electron chi connectivity index (χ1n) is 6.73. The van der Waals surface area contributed by atoms with Crippen molar-refractivity contribution in [2.24, 2.45) is 5.92 Å². The summed E-state index contributed by atoms with van der Waals surface area (Å²) in [5.74, 6) is -0.0197. The molecular formula is C14H19FN2O2. The fourth-order valence-electron chi connectivity index (χ4n) is 2.51. The number of H-pyrrole nitrogens is 1. The van der Waals surface area contributed by atoms with Gasteiger partial charge in [-0.25, -0.2) is 9.18 Å². The van der Waals surface area contributed by atoms with E-state index < -0.39 is 11.2 Å². The zero-order valence-electron chi connectivity index (χ0n) is 11.1. The van der Waals surface area contributed by atoms with Crippen LogP contribution in [0.1, 0.15) is 37.7 Å². The molecule has 0 saturated heterocycles. The lowest BCUT2D eigenvalue weighted by molar-refractivity contribution is 0.407. The van der Waals surface area contributed by atoms with Gasteiger partial charge in [-0.15, -0.1) is 0 Å². The van der Waals surface area contributed by atoms with E-state index in [2.05, 4.69) is 4.98 Å². The number of halogens is 1. The fourth-order valence-corrected chi connectivity index (χ4v) is 2.51. The third kappa shape index (κ3) is 3.66. The van der Waals surface area contributed by atoms with Gasteiger partial charge in [0.15, 0.2) is 0 Å². The molecule has 0 amide bonds. The molecule has 0 spiro atoms. The molecule has 1 aromatic heterocycles. The monoisotopic (exact) mass is 266 g/mol. The van der Waals surface area contributed by atoms with Crippen molar-refractivity contribution < 1.29 is 4.39 Å². The van der Waals surface area contributed by atoms with Gasteiger partial charge in [-0.2, -0.15) is 0 Å². The second-order valence-electron chi connectivity index (χ2n) is 5.21. The number of rotatable bonds is 3. The van der Waals surface area contributed by atoms with E-state index in [1.807, 2.05) is 0 Å². The molecule has 104 valence electrons. The molecule has 5 heteroatoms. The first kappa shape index (κ1) is 13.8. The van der Waals surface area contributed by atoms with Crippen LogP contribution in [0.15, 0.2) is 27.7 Å². The van der Waals surface area contributed by atoms with E-state index in [9.17, 15) is 14.0 Å². The highest BCUT2D eigenvalue weighted by molar-refractivity contribution is 5.04. The molecule has 0 aromatic carbocycles.